The Bertz CT molecular complexity index is 837. The Hall–Kier alpha value is -2.42. The highest BCUT2D eigenvalue weighted by molar-refractivity contribution is 6.30. The van der Waals surface area contributed by atoms with Gasteiger partial charge >= 0.3 is 6.18 Å². The van der Waals surface area contributed by atoms with Gasteiger partial charge in [-0.05, 0) is 13.0 Å². The Morgan fingerprint density at radius 3 is 2.54 bits per heavy atom. The maximum atomic E-state index is 13.1. The summed E-state index contributed by atoms with van der Waals surface area (Å²) in [6.45, 7) is 2.38. The van der Waals surface area contributed by atoms with Crippen molar-refractivity contribution in [2.75, 3.05) is 0 Å². The number of aryl methyl sites for hydroxylation is 1. The molecule has 0 unspecified atom stereocenters. The van der Waals surface area contributed by atoms with Gasteiger partial charge in [0.05, 0.1) is 11.6 Å². The highest BCUT2D eigenvalue weighted by Crippen LogP contribution is 2.31. The first kappa shape index (κ1) is 16.4. The first-order valence-electron chi connectivity index (χ1n) is 7.01. The molecule has 0 radical (unpaired) electrons. The van der Waals surface area contributed by atoms with Crippen molar-refractivity contribution in [3.63, 3.8) is 0 Å². The lowest BCUT2D eigenvalue weighted by molar-refractivity contribution is -0.140. The molecule has 126 valence electrons. The van der Waals surface area contributed by atoms with Gasteiger partial charge in [-0.2, -0.15) is 18.3 Å². The first-order valence-corrected chi connectivity index (χ1v) is 7.39. The van der Waals surface area contributed by atoms with Gasteiger partial charge in [0.2, 0.25) is 0 Å². The fourth-order valence-corrected chi connectivity index (χ4v) is 2.32. The lowest BCUT2D eigenvalue weighted by Gasteiger charge is -2.08. The average molecular weight is 357 g/mol. The summed E-state index contributed by atoms with van der Waals surface area (Å²) < 4.78 is 42.1. The van der Waals surface area contributed by atoms with Crippen molar-refractivity contribution in [3.05, 3.63) is 47.4 Å². The molecule has 3 rings (SSSR count). The number of hydrogen-bond donors (Lipinski definition) is 0. The van der Waals surface area contributed by atoms with Crippen molar-refractivity contribution in [1.29, 1.82) is 0 Å². The number of nitrogens with zero attached hydrogens (tertiary/aromatic N) is 6. The largest absolute Gasteiger partial charge is 0.434 e. The van der Waals surface area contributed by atoms with Crippen LogP contribution in [0.2, 0.25) is 5.02 Å². The lowest BCUT2D eigenvalue weighted by Crippen LogP contribution is -2.07. The van der Waals surface area contributed by atoms with Crippen LogP contribution in [0.1, 0.15) is 18.4 Å². The van der Waals surface area contributed by atoms with Gasteiger partial charge in [-0.25, -0.2) is 15.0 Å². The van der Waals surface area contributed by atoms with Gasteiger partial charge in [0, 0.05) is 31.3 Å². The fraction of sp³-hybridized carbons (Fsp3) is 0.286. The standard InChI is InChI=1S/C14H12ClF3N6/c1-2-24-10(3-4-21-24)13-22-11(14(16,17)18)7-23(13)8-12-19-5-9(15)6-20-12/h3-7H,2,8H2,1H3. The number of alkyl halides is 3. The molecule has 0 saturated carbocycles. The van der Waals surface area contributed by atoms with E-state index in [1.54, 1.807) is 10.7 Å². The zero-order valence-electron chi connectivity index (χ0n) is 12.5. The summed E-state index contributed by atoms with van der Waals surface area (Å²) in [5, 5.41) is 4.43. The van der Waals surface area contributed by atoms with Gasteiger partial charge in [0.1, 0.15) is 11.5 Å². The number of halogens is 4. The van der Waals surface area contributed by atoms with Crippen molar-refractivity contribution in [3.8, 4) is 11.5 Å². The maximum Gasteiger partial charge on any atom is 0.434 e. The summed E-state index contributed by atoms with van der Waals surface area (Å²) in [5.41, 5.74) is -0.489. The van der Waals surface area contributed by atoms with Crippen LogP contribution in [0.5, 0.6) is 0 Å². The number of hydrogen-bond acceptors (Lipinski definition) is 4. The number of aromatic nitrogens is 6. The smallest absolute Gasteiger partial charge is 0.321 e. The van der Waals surface area contributed by atoms with Crippen molar-refractivity contribution < 1.29 is 13.2 Å². The second kappa shape index (κ2) is 6.23. The lowest BCUT2D eigenvalue weighted by atomic mass is 10.4. The maximum absolute atomic E-state index is 13.1. The van der Waals surface area contributed by atoms with Crippen LogP contribution >= 0.6 is 11.6 Å². The molecule has 3 heterocycles. The number of rotatable bonds is 4. The molecule has 0 bridgehead atoms. The van der Waals surface area contributed by atoms with Crippen LogP contribution in [0, 0.1) is 0 Å². The molecule has 0 fully saturated rings. The molecule has 0 N–H and O–H groups in total. The van der Waals surface area contributed by atoms with Gasteiger partial charge in [0.15, 0.2) is 11.5 Å². The van der Waals surface area contributed by atoms with Crippen LogP contribution < -0.4 is 0 Å². The van der Waals surface area contributed by atoms with Crippen LogP contribution in [0.15, 0.2) is 30.9 Å². The topological polar surface area (TPSA) is 61.4 Å². The van der Waals surface area contributed by atoms with E-state index in [4.69, 9.17) is 11.6 Å². The molecule has 10 heteroatoms. The van der Waals surface area contributed by atoms with Gasteiger partial charge < -0.3 is 4.57 Å². The summed E-state index contributed by atoms with van der Waals surface area (Å²) in [4.78, 5) is 11.8. The van der Waals surface area contributed by atoms with Crippen LogP contribution in [0.3, 0.4) is 0 Å². The van der Waals surface area contributed by atoms with E-state index >= 15 is 0 Å². The Labute approximate surface area is 139 Å². The Balaban J connectivity index is 2.06. The van der Waals surface area contributed by atoms with Crippen molar-refractivity contribution in [1.82, 2.24) is 29.3 Å². The third-order valence-electron chi connectivity index (χ3n) is 3.30. The molecule has 3 aromatic heterocycles. The van der Waals surface area contributed by atoms with Crippen molar-refractivity contribution in [2.45, 2.75) is 26.2 Å². The SMILES string of the molecule is CCn1nccc1-c1nc(C(F)(F)F)cn1Cc1ncc(Cl)cn1. The van der Waals surface area contributed by atoms with Crippen molar-refractivity contribution in [2.24, 2.45) is 0 Å². The van der Waals surface area contributed by atoms with E-state index in [2.05, 4.69) is 20.1 Å². The first-order chi connectivity index (χ1) is 11.4. The molecule has 0 aliphatic rings. The van der Waals surface area contributed by atoms with Gasteiger partial charge in [0.25, 0.3) is 0 Å². The minimum Gasteiger partial charge on any atom is -0.321 e. The Kier molecular flexibility index (Phi) is 4.27. The Morgan fingerprint density at radius 2 is 1.92 bits per heavy atom. The molecule has 6 nitrogen and oxygen atoms in total. The monoisotopic (exact) mass is 356 g/mol. The fourth-order valence-electron chi connectivity index (χ4n) is 2.23. The summed E-state index contributed by atoms with van der Waals surface area (Å²) >= 11 is 5.73. The summed E-state index contributed by atoms with van der Waals surface area (Å²) in [5.74, 6) is 0.481. The molecular formula is C14H12ClF3N6. The highest BCUT2D eigenvalue weighted by atomic mass is 35.5. The zero-order chi connectivity index (χ0) is 17.3. The van der Waals surface area contributed by atoms with E-state index in [0.29, 0.717) is 23.1 Å². The normalized spacial score (nSPS) is 11.9. The van der Waals surface area contributed by atoms with E-state index in [1.807, 2.05) is 6.92 Å². The van der Waals surface area contributed by atoms with E-state index in [-0.39, 0.29) is 12.4 Å². The van der Waals surface area contributed by atoms with Crippen LogP contribution in [0.4, 0.5) is 13.2 Å². The molecule has 0 atom stereocenters. The molecule has 0 saturated heterocycles. The minimum absolute atomic E-state index is 0.0322. The van der Waals surface area contributed by atoms with E-state index in [0.717, 1.165) is 6.20 Å². The molecule has 24 heavy (non-hydrogen) atoms. The average Bonchev–Trinajstić information content (AvgIpc) is 3.15. The predicted octanol–water partition coefficient (Wildman–Crippen LogP) is 3.28. The van der Waals surface area contributed by atoms with Crippen LogP contribution in [-0.2, 0) is 19.3 Å². The van der Waals surface area contributed by atoms with E-state index in [9.17, 15) is 13.2 Å². The van der Waals surface area contributed by atoms with Crippen LogP contribution in [-0.4, -0.2) is 29.3 Å². The second-order valence-electron chi connectivity index (χ2n) is 4.93. The van der Waals surface area contributed by atoms with Gasteiger partial charge in [-0.3, -0.25) is 4.68 Å². The molecule has 0 amide bonds. The third kappa shape index (κ3) is 3.25. The quantitative estimate of drug-likeness (QED) is 0.719. The highest BCUT2D eigenvalue weighted by Gasteiger charge is 2.35. The van der Waals surface area contributed by atoms with Gasteiger partial charge in [-0.15, -0.1) is 0 Å². The molecule has 0 aliphatic carbocycles. The van der Waals surface area contributed by atoms with E-state index < -0.39 is 11.9 Å². The predicted molar refractivity (Wildman–Crippen MR) is 80.3 cm³/mol. The second-order valence-corrected chi connectivity index (χ2v) is 5.36. The minimum atomic E-state index is -4.54. The molecule has 0 spiro atoms. The van der Waals surface area contributed by atoms with Crippen LogP contribution in [0.25, 0.3) is 11.5 Å². The van der Waals surface area contributed by atoms with Crippen molar-refractivity contribution >= 4 is 11.6 Å². The zero-order valence-corrected chi connectivity index (χ0v) is 13.3. The Morgan fingerprint density at radius 1 is 1.21 bits per heavy atom. The summed E-state index contributed by atoms with van der Waals surface area (Å²) in [6.07, 6.45) is 0.699. The van der Waals surface area contributed by atoms with E-state index in [1.165, 1.54) is 23.2 Å². The number of imidazole rings is 1. The molecule has 3 aromatic rings. The summed E-state index contributed by atoms with van der Waals surface area (Å²) in [6, 6.07) is 1.62. The summed E-state index contributed by atoms with van der Waals surface area (Å²) in [7, 11) is 0. The molecular weight excluding hydrogens is 345 g/mol. The molecule has 0 aliphatic heterocycles. The third-order valence-corrected chi connectivity index (χ3v) is 3.49. The van der Waals surface area contributed by atoms with Gasteiger partial charge in [-0.1, -0.05) is 11.6 Å². The molecule has 0 aromatic carbocycles.